The molecule has 1 N–H and O–H groups in total. The summed E-state index contributed by atoms with van der Waals surface area (Å²) < 4.78 is 46.6. The number of pyridine rings is 2. The van der Waals surface area contributed by atoms with E-state index in [-0.39, 0.29) is 24.4 Å². The number of nitrogens with one attached hydrogen (secondary N) is 1. The van der Waals surface area contributed by atoms with Crippen LogP contribution in [0.5, 0.6) is 0 Å². The average molecular weight is 640 g/mol. The van der Waals surface area contributed by atoms with Gasteiger partial charge in [0.2, 0.25) is 0 Å². The molecule has 1 saturated heterocycles. The summed E-state index contributed by atoms with van der Waals surface area (Å²) in [7, 11) is 5.31. The molecule has 1 fully saturated rings. The van der Waals surface area contributed by atoms with E-state index in [1.54, 1.807) is 19.2 Å². The van der Waals surface area contributed by atoms with E-state index in [0.29, 0.717) is 43.2 Å². The number of hydrogen-bond acceptors (Lipinski definition) is 7. The Labute approximate surface area is 266 Å². The molecule has 3 aromatic heterocycles. The zero-order valence-electron chi connectivity index (χ0n) is 27.0. The number of nitrogens with zero attached hydrogens (tertiary/aromatic N) is 6. The van der Waals surface area contributed by atoms with Crippen molar-refractivity contribution in [3.8, 4) is 11.1 Å². The molecular formula is C33H40F3N7O3. The smallest absolute Gasteiger partial charge is 0.401 e. The van der Waals surface area contributed by atoms with E-state index in [1.165, 1.54) is 12.0 Å². The fraction of sp³-hybridized carbons (Fsp3) is 0.455. The maximum absolute atomic E-state index is 13.9. The molecule has 5 heterocycles. The topological polar surface area (TPSA) is 94.8 Å². The van der Waals surface area contributed by atoms with Crippen LogP contribution < -0.4 is 10.2 Å². The van der Waals surface area contributed by atoms with Crippen molar-refractivity contribution in [1.82, 2.24) is 24.5 Å². The molecule has 0 bridgehead atoms. The van der Waals surface area contributed by atoms with E-state index in [2.05, 4.69) is 24.6 Å². The van der Waals surface area contributed by atoms with Crippen molar-refractivity contribution in [3.63, 3.8) is 0 Å². The minimum absolute atomic E-state index is 0.00914. The molecule has 0 spiro atoms. The predicted octanol–water partition coefficient (Wildman–Crippen LogP) is 4.49. The molecular weight excluding hydrogens is 599 g/mol. The summed E-state index contributed by atoms with van der Waals surface area (Å²) in [6.45, 7) is 6.19. The Hall–Kier alpha value is -4.23. The molecule has 0 radical (unpaired) electrons. The van der Waals surface area contributed by atoms with E-state index < -0.39 is 18.6 Å². The van der Waals surface area contributed by atoms with E-state index in [0.717, 1.165) is 33.7 Å². The van der Waals surface area contributed by atoms with Crippen LogP contribution in [-0.4, -0.2) is 103 Å². The van der Waals surface area contributed by atoms with Crippen LogP contribution in [0.3, 0.4) is 0 Å². The highest BCUT2D eigenvalue weighted by molar-refractivity contribution is 6.06. The zero-order chi connectivity index (χ0) is 33.3. The van der Waals surface area contributed by atoms with Gasteiger partial charge < -0.3 is 19.4 Å². The van der Waals surface area contributed by atoms with Crippen LogP contribution in [0.1, 0.15) is 41.5 Å². The van der Waals surface area contributed by atoms with Gasteiger partial charge in [-0.25, -0.2) is 9.98 Å². The summed E-state index contributed by atoms with van der Waals surface area (Å²) in [5, 5.41) is 2.93. The number of dihydropyridines is 1. The highest BCUT2D eigenvalue weighted by Crippen LogP contribution is 2.35. The lowest BCUT2D eigenvalue weighted by Crippen LogP contribution is -2.50. The molecule has 13 heteroatoms. The van der Waals surface area contributed by atoms with Crippen LogP contribution >= 0.6 is 0 Å². The molecule has 46 heavy (non-hydrogen) atoms. The summed E-state index contributed by atoms with van der Waals surface area (Å²) in [6.07, 6.45) is 1.16. The molecule has 0 aromatic carbocycles. The lowest BCUT2D eigenvalue weighted by atomic mass is 9.98. The number of alkyl halides is 3. The Bertz CT molecular complexity index is 1690. The Morgan fingerprint density at radius 3 is 2.52 bits per heavy atom. The number of carbonyl (C=O) groups excluding carboxylic acids is 2. The SMILES string of the molecule is COC1=CC(C)=NC(=O)C1CNC(=O)c1cc2c(-c3ccnc(N(C)C)c3)ccn2c([C@H](C)N2CCN(CC(F)(F)F)CC2)c1C. The fourth-order valence-electron chi connectivity index (χ4n) is 6.32. The summed E-state index contributed by atoms with van der Waals surface area (Å²) in [4.78, 5) is 40.5. The van der Waals surface area contributed by atoms with Crippen LogP contribution in [-0.2, 0) is 9.53 Å². The van der Waals surface area contributed by atoms with Gasteiger partial charge in [-0.2, -0.15) is 13.2 Å². The zero-order valence-corrected chi connectivity index (χ0v) is 27.0. The Morgan fingerprint density at radius 2 is 1.87 bits per heavy atom. The van der Waals surface area contributed by atoms with Gasteiger partial charge in [0, 0.05) is 87.8 Å². The molecule has 5 rings (SSSR count). The lowest BCUT2D eigenvalue weighted by Gasteiger charge is -2.39. The number of aromatic nitrogens is 2. The second-order valence-corrected chi connectivity index (χ2v) is 12.1. The number of amides is 2. The van der Waals surface area contributed by atoms with Crippen LogP contribution in [0.4, 0.5) is 19.0 Å². The largest absolute Gasteiger partial charge is 0.500 e. The number of piperazine rings is 1. The van der Waals surface area contributed by atoms with Crippen molar-refractivity contribution in [2.24, 2.45) is 10.9 Å². The molecule has 2 aliphatic heterocycles. The average Bonchev–Trinajstić information content (AvgIpc) is 3.42. The maximum atomic E-state index is 13.9. The number of halogens is 3. The minimum atomic E-state index is -4.24. The molecule has 3 aromatic rings. The van der Waals surface area contributed by atoms with E-state index in [1.807, 2.05) is 63.3 Å². The number of rotatable bonds is 9. The third-order valence-corrected chi connectivity index (χ3v) is 8.75. The van der Waals surface area contributed by atoms with Gasteiger partial charge in [-0.15, -0.1) is 0 Å². The molecule has 246 valence electrons. The van der Waals surface area contributed by atoms with E-state index in [9.17, 15) is 22.8 Å². The van der Waals surface area contributed by atoms with Crippen molar-refractivity contribution in [3.05, 3.63) is 65.3 Å². The molecule has 0 saturated carbocycles. The predicted molar refractivity (Wildman–Crippen MR) is 171 cm³/mol. The molecule has 2 aliphatic rings. The minimum Gasteiger partial charge on any atom is -0.500 e. The number of allylic oxidation sites excluding steroid dienone is 1. The van der Waals surface area contributed by atoms with Gasteiger partial charge in [0.05, 0.1) is 19.2 Å². The summed E-state index contributed by atoms with van der Waals surface area (Å²) in [5.74, 6) is -0.255. The lowest BCUT2D eigenvalue weighted by molar-refractivity contribution is -0.149. The molecule has 10 nitrogen and oxygen atoms in total. The van der Waals surface area contributed by atoms with Crippen LogP contribution in [0.2, 0.25) is 0 Å². The van der Waals surface area contributed by atoms with Crippen molar-refractivity contribution in [2.45, 2.75) is 33.0 Å². The van der Waals surface area contributed by atoms with Gasteiger partial charge in [0.1, 0.15) is 17.5 Å². The normalized spacial score (nSPS) is 18.7. The number of methoxy groups -OCH3 is 1. The van der Waals surface area contributed by atoms with Crippen molar-refractivity contribution in [1.29, 1.82) is 0 Å². The van der Waals surface area contributed by atoms with Crippen molar-refractivity contribution in [2.75, 3.05) is 65.4 Å². The van der Waals surface area contributed by atoms with Crippen molar-refractivity contribution >= 4 is 28.9 Å². The Balaban J connectivity index is 1.52. The number of ether oxygens (including phenoxy) is 1. The summed E-state index contributed by atoms with van der Waals surface area (Å²) in [6, 6.07) is 7.54. The second kappa shape index (κ2) is 13.2. The molecule has 2 amide bonds. The number of carbonyl (C=O) groups is 2. The van der Waals surface area contributed by atoms with Gasteiger partial charge in [-0.05, 0) is 62.2 Å². The maximum Gasteiger partial charge on any atom is 0.401 e. The van der Waals surface area contributed by atoms with Crippen LogP contribution in [0, 0.1) is 12.8 Å². The quantitative estimate of drug-likeness (QED) is 0.369. The summed E-state index contributed by atoms with van der Waals surface area (Å²) >= 11 is 0. The van der Waals surface area contributed by atoms with Gasteiger partial charge >= 0.3 is 6.18 Å². The molecule has 0 aliphatic carbocycles. The highest BCUT2D eigenvalue weighted by atomic mass is 19.4. The number of fused-ring (bicyclic) bond motifs is 1. The highest BCUT2D eigenvalue weighted by Gasteiger charge is 2.34. The third-order valence-electron chi connectivity index (χ3n) is 8.75. The first-order valence-corrected chi connectivity index (χ1v) is 15.2. The van der Waals surface area contributed by atoms with Gasteiger partial charge in [0.25, 0.3) is 11.8 Å². The number of aliphatic imine (C=N–C) groups is 1. The van der Waals surface area contributed by atoms with Crippen LogP contribution in [0.15, 0.2) is 53.5 Å². The second-order valence-electron chi connectivity index (χ2n) is 12.1. The standard InChI is InChI=1S/C33H40F3N7O3/c1-20-15-28(46-6)26(32(45)39-20)18-38-31(44)25-17-27-24(23-7-9-37-29(16-23)40(4)5)8-10-43(27)30(21(25)2)22(3)42-13-11-41(12-14-42)19-33(34,35)36/h7-10,15-17,22,26H,11-14,18-19H2,1-6H3,(H,38,44)/t22-,26?/m0/s1. The summed E-state index contributed by atoms with van der Waals surface area (Å²) in [5.41, 5.74) is 5.22. The Morgan fingerprint density at radius 1 is 1.15 bits per heavy atom. The number of anilines is 1. The first-order chi connectivity index (χ1) is 21.8. The molecule has 2 atom stereocenters. The van der Waals surface area contributed by atoms with Gasteiger partial charge in [0.15, 0.2) is 0 Å². The monoisotopic (exact) mass is 639 g/mol. The number of hydrogen-bond donors (Lipinski definition) is 1. The van der Waals surface area contributed by atoms with Crippen LogP contribution in [0.25, 0.3) is 16.6 Å². The van der Waals surface area contributed by atoms with E-state index >= 15 is 0 Å². The fourth-order valence-corrected chi connectivity index (χ4v) is 6.32. The first kappa shape index (κ1) is 33.1. The Kier molecular flexibility index (Phi) is 9.54. The van der Waals surface area contributed by atoms with Gasteiger partial charge in [-0.1, -0.05) is 0 Å². The first-order valence-electron chi connectivity index (χ1n) is 15.2. The van der Waals surface area contributed by atoms with E-state index in [4.69, 9.17) is 4.74 Å². The molecule has 1 unspecified atom stereocenters. The van der Waals surface area contributed by atoms with Gasteiger partial charge in [-0.3, -0.25) is 19.4 Å². The van der Waals surface area contributed by atoms with Crippen molar-refractivity contribution < 1.29 is 27.5 Å². The third kappa shape index (κ3) is 6.95.